The minimum atomic E-state index is -0.999. The summed E-state index contributed by atoms with van der Waals surface area (Å²) in [6, 6.07) is 0. The number of carbonyl (C=O) groups is 2. The molecule has 0 aromatic rings. The van der Waals surface area contributed by atoms with E-state index >= 15 is 0 Å². The van der Waals surface area contributed by atoms with Crippen molar-refractivity contribution in [2.75, 3.05) is 13.2 Å². The smallest absolute Gasteiger partial charge is 0.305 e. The quantitative estimate of drug-likeness (QED) is 0.0296. The fourth-order valence-electron chi connectivity index (χ4n) is 5.41. The van der Waals surface area contributed by atoms with Gasteiger partial charge in [-0.15, -0.1) is 0 Å². The Morgan fingerprint density at radius 2 is 1.06 bits per heavy atom. The van der Waals surface area contributed by atoms with Gasteiger partial charge < -0.3 is 19.7 Å². The van der Waals surface area contributed by atoms with Gasteiger partial charge in [0.15, 0.2) is 0 Å². The minimum absolute atomic E-state index is 0.145. The first-order valence-corrected chi connectivity index (χ1v) is 20.3. The molecule has 0 aliphatic heterocycles. The van der Waals surface area contributed by atoms with Gasteiger partial charge in [-0.3, -0.25) is 9.59 Å². The molecule has 0 aliphatic carbocycles. The SMILES string of the molecule is CC/C=C\C(O)C/C=C/C=C\C/C=C\C/C=C\CCCC(=O)OC[C@@H](O)COC(=O)CCCCCCCCCCCCCCCCC(C)CC. The van der Waals surface area contributed by atoms with Crippen molar-refractivity contribution >= 4 is 11.9 Å². The number of ether oxygens (including phenoxy) is 2. The molecule has 0 heterocycles. The second kappa shape index (κ2) is 37.8. The van der Waals surface area contributed by atoms with Crippen molar-refractivity contribution in [1.29, 1.82) is 0 Å². The van der Waals surface area contributed by atoms with E-state index in [1.165, 1.54) is 83.5 Å². The Kier molecular flexibility index (Phi) is 36.0. The summed E-state index contributed by atoms with van der Waals surface area (Å²) >= 11 is 0. The molecule has 0 saturated heterocycles. The molecule has 0 aliphatic rings. The Hall–Kier alpha value is -2.44. The highest BCUT2D eigenvalue weighted by molar-refractivity contribution is 5.69. The normalized spacial score (nSPS) is 14.1. The Morgan fingerprint density at radius 3 is 1.62 bits per heavy atom. The molecule has 0 aromatic heterocycles. The highest BCUT2D eigenvalue weighted by atomic mass is 16.6. The van der Waals surface area contributed by atoms with Crippen LogP contribution >= 0.6 is 0 Å². The summed E-state index contributed by atoms with van der Waals surface area (Å²) in [6.45, 7) is 6.40. The average molecular weight is 701 g/mol. The summed E-state index contributed by atoms with van der Waals surface area (Å²) < 4.78 is 10.3. The van der Waals surface area contributed by atoms with E-state index < -0.39 is 12.2 Å². The molecule has 0 spiro atoms. The molecular formula is C44H76O6. The van der Waals surface area contributed by atoms with Crippen LogP contribution in [0.2, 0.25) is 0 Å². The minimum Gasteiger partial charge on any atom is -0.463 e. The average Bonchev–Trinajstić information content (AvgIpc) is 3.11. The number of unbranched alkanes of at least 4 members (excludes halogenated alkanes) is 14. The van der Waals surface area contributed by atoms with E-state index in [1.807, 2.05) is 37.3 Å². The van der Waals surface area contributed by atoms with Gasteiger partial charge in [0.05, 0.1) is 6.10 Å². The van der Waals surface area contributed by atoms with Gasteiger partial charge in [0.2, 0.25) is 0 Å². The maximum atomic E-state index is 12.0. The third-order valence-electron chi connectivity index (χ3n) is 8.88. The van der Waals surface area contributed by atoms with Crippen LogP contribution in [0.3, 0.4) is 0 Å². The van der Waals surface area contributed by atoms with Crippen LogP contribution in [0.15, 0.2) is 60.8 Å². The lowest BCUT2D eigenvalue weighted by Gasteiger charge is -2.12. The molecular weight excluding hydrogens is 624 g/mol. The lowest BCUT2D eigenvalue weighted by Crippen LogP contribution is -2.25. The largest absolute Gasteiger partial charge is 0.463 e. The van der Waals surface area contributed by atoms with Crippen LogP contribution in [0, 0.1) is 5.92 Å². The summed E-state index contributed by atoms with van der Waals surface area (Å²) in [5.41, 5.74) is 0. The van der Waals surface area contributed by atoms with Crippen molar-refractivity contribution < 1.29 is 29.3 Å². The summed E-state index contributed by atoms with van der Waals surface area (Å²) in [5, 5.41) is 19.7. The zero-order valence-corrected chi connectivity index (χ0v) is 32.4. The molecule has 3 atom stereocenters. The predicted octanol–water partition coefficient (Wildman–Crippen LogP) is 11.6. The molecule has 0 aromatic carbocycles. The Balaban J connectivity index is 3.56. The number of hydrogen-bond donors (Lipinski definition) is 2. The second-order valence-electron chi connectivity index (χ2n) is 13.8. The second-order valence-corrected chi connectivity index (χ2v) is 13.8. The number of carbonyl (C=O) groups excluding carboxylic acids is 2. The monoisotopic (exact) mass is 701 g/mol. The summed E-state index contributed by atoms with van der Waals surface area (Å²) in [7, 11) is 0. The van der Waals surface area contributed by atoms with Crippen LogP contribution in [0.4, 0.5) is 0 Å². The summed E-state index contributed by atoms with van der Waals surface area (Å²) in [4.78, 5) is 23.9. The molecule has 0 amide bonds. The number of aliphatic hydroxyl groups excluding tert-OH is 2. The maximum Gasteiger partial charge on any atom is 0.305 e. The van der Waals surface area contributed by atoms with Crippen LogP contribution in [0.5, 0.6) is 0 Å². The highest BCUT2D eigenvalue weighted by Crippen LogP contribution is 2.16. The maximum absolute atomic E-state index is 12.0. The number of esters is 2. The number of rotatable bonds is 35. The van der Waals surface area contributed by atoms with Gasteiger partial charge in [0.1, 0.15) is 19.3 Å². The van der Waals surface area contributed by atoms with Gasteiger partial charge in [0.25, 0.3) is 0 Å². The van der Waals surface area contributed by atoms with E-state index in [2.05, 4.69) is 44.2 Å². The van der Waals surface area contributed by atoms with Crippen LogP contribution in [-0.4, -0.2) is 47.6 Å². The third kappa shape index (κ3) is 36.8. The van der Waals surface area contributed by atoms with Crippen LogP contribution in [0.1, 0.15) is 175 Å². The topological polar surface area (TPSA) is 93.1 Å². The lowest BCUT2D eigenvalue weighted by molar-refractivity contribution is -0.152. The first-order valence-electron chi connectivity index (χ1n) is 20.3. The van der Waals surface area contributed by atoms with Crippen molar-refractivity contribution in [2.45, 2.75) is 187 Å². The van der Waals surface area contributed by atoms with E-state index in [4.69, 9.17) is 9.47 Å². The number of aliphatic hydroxyl groups is 2. The zero-order chi connectivity index (χ0) is 36.8. The van der Waals surface area contributed by atoms with Gasteiger partial charge in [-0.2, -0.15) is 0 Å². The predicted molar refractivity (Wildman–Crippen MR) is 211 cm³/mol. The van der Waals surface area contributed by atoms with Crippen LogP contribution in [0.25, 0.3) is 0 Å². The van der Waals surface area contributed by atoms with E-state index in [0.29, 0.717) is 19.3 Å². The van der Waals surface area contributed by atoms with E-state index in [-0.39, 0.29) is 31.6 Å². The van der Waals surface area contributed by atoms with Gasteiger partial charge in [-0.1, -0.05) is 178 Å². The zero-order valence-electron chi connectivity index (χ0n) is 32.4. The fourth-order valence-corrected chi connectivity index (χ4v) is 5.41. The summed E-state index contributed by atoms with van der Waals surface area (Å²) in [5.74, 6) is 0.242. The highest BCUT2D eigenvalue weighted by Gasteiger charge is 2.12. The molecule has 2 N–H and O–H groups in total. The van der Waals surface area contributed by atoms with Crippen molar-refractivity contribution in [1.82, 2.24) is 0 Å². The molecule has 50 heavy (non-hydrogen) atoms. The molecule has 0 fully saturated rings. The Bertz CT molecular complexity index is 917. The molecule has 6 nitrogen and oxygen atoms in total. The van der Waals surface area contributed by atoms with Crippen molar-refractivity contribution in [3.05, 3.63) is 60.8 Å². The molecule has 0 radical (unpaired) electrons. The first-order chi connectivity index (χ1) is 24.4. The number of allylic oxidation sites excluding steroid dienone is 8. The van der Waals surface area contributed by atoms with Crippen LogP contribution < -0.4 is 0 Å². The molecule has 0 saturated carbocycles. The van der Waals surface area contributed by atoms with E-state index in [0.717, 1.165) is 50.9 Å². The van der Waals surface area contributed by atoms with E-state index in [1.54, 1.807) is 0 Å². The van der Waals surface area contributed by atoms with Crippen molar-refractivity contribution in [2.24, 2.45) is 5.92 Å². The van der Waals surface area contributed by atoms with Gasteiger partial charge >= 0.3 is 11.9 Å². The van der Waals surface area contributed by atoms with E-state index in [9.17, 15) is 19.8 Å². The Morgan fingerprint density at radius 1 is 0.580 bits per heavy atom. The Labute approximate surface area is 307 Å². The third-order valence-corrected chi connectivity index (χ3v) is 8.88. The first kappa shape index (κ1) is 47.6. The molecule has 0 rings (SSSR count). The standard InChI is InChI=1S/C44H76O6/c1-4-6-34-41(45)35-30-26-22-18-14-11-12-16-20-24-28-32-37-44(48)50-39-42(46)38-49-43(47)36-31-27-23-19-15-10-8-7-9-13-17-21-25-29-33-40(3)5-2/h6,11-12,18,20,22,24,26,30,34,40-42,45-46H,4-5,7-10,13-17,19,21,23,25,27-29,31-33,35-39H2,1-3H3/b12-11-,22-18-,24-20-,30-26+,34-6-/t40?,41?,42-/m0/s1. The van der Waals surface area contributed by atoms with Crippen molar-refractivity contribution in [3.8, 4) is 0 Å². The van der Waals surface area contributed by atoms with Gasteiger partial charge in [-0.05, 0) is 50.9 Å². The molecule has 0 bridgehead atoms. The van der Waals surface area contributed by atoms with Gasteiger partial charge in [0, 0.05) is 12.8 Å². The number of hydrogen-bond acceptors (Lipinski definition) is 6. The lowest BCUT2D eigenvalue weighted by atomic mass is 9.99. The van der Waals surface area contributed by atoms with Gasteiger partial charge in [-0.25, -0.2) is 0 Å². The summed E-state index contributed by atoms with van der Waals surface area (Å²) in [6.07, 6.45) is 44.7. The molecule has 6 heteroatoms. The molecule has 2 unspecified atom stereocenters. The van der Waals surface area contributed by atoms with Crippen molar-refractivity contribution in [3.63, 3.8) is 0 Å². The van der Waals surface area contributed by atoms with Crippen LogP contribution in [-0.2, 0) is 19.1 Å². The fraction of sp³-hybridized carbons (Fsp3) is 0.727. The molecule has 288 valence electrons.